The van der Waals surface area contributed by atoms with Crippen molar-refractivity contribution in [2.45, 2.75) is 26.2 Å². The second kappa shape index (κ2) is 8.85. The van der Waals surface area contributed by atoms with Gasteiger partial charge >= 0.3 is 0 Å². The number of methoxy groups -OCH3 is 1. The molecule has 0 amide bonds. The molecule has 0 unspecified atom stereocenters. The van der Waals surface area contributed by atoms with E-state index in [1.165, 1.54) is 25.9 Å². The van der Waals surface area contributed by atoms with Gasteiger partial charge in [0.05, 0.1) is 36.9 Å². The predicted octanol–water partition coefficient (Wildman–Crippen LogP) is 2.34. The van der Waals surface area contributed by atoms with Crippen LogP contribution in [0, 0.1) is 6.92 Å². The van der Waals surface area contributed by atoms with E-state index in [-0.39, 0.29) is 5.95 Å². The molecule has 1 aliphatic heterocycles. The molecule has 0 saturated carbocycles. The van der Waals surface area contributed by atoms with E-state index < -0.39 is 0 Å². The van der Waals surface area contributed by atoms with E-state index in [1.807, 2.05) is 13.0 Å². The van der Waals surface area contributed by atoms with Gasteiger partial charge in [0.2, 0.25) is 5.95 Å². The molecule has 146 valence electrons. The van der Waals surface area contributed by atoms with E-state index in [1.54, 1.807) is 20.4 Å². The molecule has 0 atom stereocenters. The molecule has 1 aliphatic rings. The first kappa shape index (κ1) is 19.2. The van der Waals surface area contributed by atoms with Crippen LogP contribution in [-0.4, -0.2) is 60.3 Å². The second-order valence-corrected chi connectivity index (χ2v) is 6.61. The van der Waals surface area contributed by atoms with E-state index in [2.05, 4.69) is 25.2 Å². The van der Waals surface area contributed by atoms with Crippen LogP contribution in [-0.2, 0) is 0 Å². The van der Waals surface area contributed by atoms with Gasteiger partial charge in [-0.05, 0) is 39.3 Å². The number of nitrogens with zero attached hydrogens (tertiary/aromatic N) is 4. The molecule has 0 bridgehead atoms. The number of hydrogen-bond acceptors (Lipinski definition) is 8. The van der Waals surface area contributed by atoms with Crippen LogP contribution in [0.5, 0.6) is 11.5 Å². The summed E-state index contributed by atoms with van der Waals surface area (Å²) in [5.41, 5.74) is 8.03. The van der Waals surface area contributed by atoms with Crippen molar-refractivity contribution < 1.29 is 9.47 Å². The van der Waals surface area contributed by atoms with Crippen molar-refractivity contribution in [2.24, 2.45) is 0 Å². The van der Waals surface area contributed by atoms with E-state index in [4.69, 9.17) is 15.2 Å². The molecular formula is C19H28N6O2. The topological polar surface area (TPSA) is 98.4 Å². The molecule has 0 aromatic carbocycles. The number of anilines is 2. The Balaban J connectivity index is 1.77. The summed E-state index contributed by atoms with van der Waals surface area (Å²) in [6.45, 7) is 5.98. The molecule has 2 aromatic heterocycles. The summed E-state index contributed by atoms with van der Waals surface area (Å²) in [6.07, 6.45) is 5.26. The summed E-state index contributed by atoms with van der Waals surface area (Å²) in [4.78, 5) is 15.5. The van der Waals surface area contributed by atoms with Crippen LogP contribution >= 0.6 is 0 Å². The summed E-state index contributed by atoms with van der Waals surface area (Å²) in [6, 6.07) is 1.87. The lowest BCUT2D eigenvalue weighted by Gasteiger charge is -2.16. The van der Waals surface area contributed by atoms with Gasteiger partial charge in [-0.3, -0.25) is 4.98 Å². The van der Waals surface area contributed by atoms with Gasteiger partial charge in [0.1, 0.15) is 5.82 Å². The third-order valence-electron chi connectivity index (χ3n) is 4.73. The maximum atomic E-state index is 6.01. The third-order valence-corrected chi connectivity index (χ3v) is 4.73. The molecule has 27 heavy (non-hydrogen) atoms. The Morgan fingerprint density at radius 1 is 1.22 bits per heavy atom. The van der Waals surface area contributed by atoms with Gasteiger partial charge in [-0.2, -0.15) is 4.98 Å². The van der Waals surface area contributed by atoms with Gasteiger partial charge in [0, 0.05) is 19.7 Å². The number of likely N-dealkylation sites (tertiary alicyclic amines) is 1. The highest BCUT2D eigenvalue weighted by molar-refractivity contribution is 5.76. The zero-order valence-electron chi connectivity index (χ0n) is 16.3. The molecule has 1 saturated heterocycles. The van der Waals surface area contributed by atoms with Gasteiger partial charge in [-0.25, -0.2) is 4.98 Å². The molecular weight excluding hydrogens is 344 g/mol. The number of rotatable bonds is 8. The first-order chi connectivity index (χ1) is 13.1. The van der Waals surface area contributed by atoms with Crippen molar-refractivity contribution >= 4 is 11.8 Å². The SMILES string of the molecule is CNc1nc(N)nc(C)c1-c1cc(OCCCN2CCCC2)c(OC)cn1. The van der Waals surface area contributed by atoms with Crippen molar-refractivity contribution in [1.82, 2.24) is 19.9 Å². The summed E-state index contributed by atoms with van der Waals surface area (Å²) in [7, 11) is 3.41. The molecule has 8 nitrogen and oxygen atoms in total. The number of ether oxygens (including phenoxy) is 2. The second-order valence-electron chi connectivity index (χ2n) is 6.61. The van der Waals surface area contributed by atoms with Crippen molar-refractivity contribution in [1.29, 1.82) is 0 Å². The van der Waals surface area contributed by atoms with Crippen LogP contribution in [0.3, 0.4) is 0 Å². The first-order valence-electron chi connectivity index (χ1n) is 9.33. The highest BCUT2D eigenvalue weighted by atomic mass is 16.5. The number of aromatic nitrogens is 3. The number of nitrogens with two attached hydrogens (primary N) is 1. The van der Waals surface area contributed by atoms with Gasteiger partial charge in [-0.15, -0.1) is 0 Å². The van der Waals surface area contributed by atoms with Gasteiger partial charge < -0.3 is 25.4 Å². The van der Waals surface area contributed by atoms with E-state index in [0.29, 0.717) is 29.6 Å². The normalized spacial score (nSPS) is 14.3. The molecule has 0 aliphatic carbocycles. The maximum Gasteiger partial charge on any atom is 0.222 e. The zero-order valence-corrected chi connectivity index (χ0v) is 16.3. The maximum absolute atomic E-state index is 6.01. The number of nitrogen functional groups attached to an aromatic ring is 1. The van der Waals surface area contributed by atoms with E-state index in [9.17, 15) is 0 Å². The minimum atomic E-state index is 0.229. The number of hydrogen-bond donors (Lipinski definition) is 2. The molecule has 3 heterocycles. The van der Waals surface area contributed by atoms with Crippen LogP contribution in [0.1, 0.15) is 25.0 Å². The van der Waals surface area contributed by atoms with Crippen LogP contribution in [0.4, 0.5) is 11.8 Å². The lowest BCUT2D eigenvalue weighted by molar-refractivity contribution is 0.254. The molecule has 8 heteroatoms. The van der Waals surface area contributed by atoms with E-state index >= 15 is 0 Å². The molecule has 0 radical (unpaired) electrons. The minimum Gasteiger partial charge on any atom is -0.491 e. The van der Waals surface area contributed by atoms with Crippen molar-refractivity contribution in [3.05, 3.63) is 18.0 Å². The van der Waals surface area contributed by atoms with Crippen molar-refractivity contribution in [3.8, 4) is 22.8 Å². The summed E-state index contributed by atoms with van der Waals surface area (Å²) >= 11 is 0. The quantitative estimate of drug-likeness (QED) is 0.682. The first-order valence-corrected chi connectivity index (χ1v) is 9.33. The van der Waals surface area contributed by atoms with Crippen LogP contribution in [0.25, 0.3) is 11.3 Å². The third kappa shape index (κ3) is 4.57. The molecule has 3 N–H and O–H groups in total. The standard InChI is InChI=1S/C19H28N6O2/c1-13-17(18(21-2)24-19(20)23-13)14-11-15(16(26-3)12-22-14)27-10-6-9-25-7-4-5-8-25/h11-12H,4-10H2,1-3H3,(H3,20,21,23,24). The fourth-order valence-electron chi connectivity index (χ4n) is 3.39. The Kier molecular flexibility index (Phi) is 6.28. The van der Waals surface area contributed by atoms with E-state index in [0.717, 1.165) is 24.2 Å². The number of nitrogens with one attached hydrogen (secondary N) is 1. The minimum absolute atomic E-state index is 0.229. The Labute approximate surface area is 160 Å². The monoisotopic (exact) mass is 372 g/mol. The lowest BCUT2D eigenvalue weighted by atomic mass is 10.1. The molecule has 1 fully saturated rings. The largest absolute Gasteiger partial charge is 0.491 e. The smallest absolute Gasteiger partial charge is 0.222 e. The Hall–Kier alpha value is -2.61. The summed E-state index contributed by atoms with van der Waals surface area (Å²) in [5, 5.41) is 3.06. The fourth-order valence-corrected chi connectivity index (χ4v) is 3.39. The highest BCUT2D eigenvalue weighted by Crippen LogP contribution is 2.34. The van der Waals surface area contributed by atoms with Gasteiger partial charge in [0.25, 0.3) is 0 Å². The molecule has 3 rings (SSSR count). The van der Waals surface area contributed by atoms with Gasteiger partial charge in [0.15, 0.2) is 11.5 Å². The van der Waals surface area contributed by atoms with Crippen LogP contribution < -0.4 is 20.5 Å². The summed E-state index contributed by atoms with van der Waals surface area (Å²) < 4.78 is 11.4. The molecule has 0 spiro atoms. The zero-order chi connectivity index (χ0) is 19.2. The molecule has 2 aromatic rings. The average Bonchev–Trinajstić information content (AvgIpc) is 3.18. The van der Waals surface area contributed by atoms with Crippen LogP contribution in [0.15, 0.2) is 12.3 Å². The Morgan fingerprint density at radius 2 is 2.00 bits per heavy atom. The van der Waals surface area contributed by atoms with Crippen molar-refractivity contribution in [3.63, 3.8) is 0 Å². The predicted molar refractivity (Wildman–Crippen MR) is 106 cm³/mol. The Morgan fingerprint density at radius 3 is 2.70 bits per heavy atom. The number of pyridine rings is 1. The van der Waals surface area contributed by atoms with Gasteiger partial charge in [-0.1, -0.05) is 0 Å². The Bertz CT molecular complexity index is 777. The fraction of sp³-hybridized carbons (Fsp3) is 0.526. The van der Waals surface area contributed by atoms with Crippen LogP contribution in [0.2, 0.25) is 0 Å². The average molecular weight is 372 g/mol. The summed E-state index contributed by atoms with van der Waals surface area (Å²) in [5.74, 6) is 2.15. The van der Waals surface area contributed by atoms with Crippen molar-refractivity contribution in [2.75, 3.05) is 51.4 Å². The highest BCUT2D eigenvalue weighted by Gasteiger charge is 2.16. The lowest BCUT2D eigenvalue weighted by Crippen LogP contribution is -2.22. The number of aryl methyl sites for hydroxylation is 1.